The number of carbonyl (C=O) groups excluding carboxylic acids is 1. The molecule has 0 aliphatic heterocycles. The van der Waals surface area contributed by atoms with E-state index in [0.717, 1.165) is 21.5 Å². The number of aromatic amines is 1. The highest BCUT2D eigenvalue weighted by Crippen LogP contribution is 2.26. The number of benzene rings is 2. The summed E-state index contributed by atoms with van der Waals surface area (Å²) in [5.74, 6) is -1.62. The van der Waals surface area contributed by atoms with Gasteiger partial charge in [-0.1, -0.05) is 48.5 Å². The van der Waals surface area contributed by atoms with E-state index in [0.29, 0.717) is 5.69 Å². The van der Waals surface area contributed by atoms with Crippen LogP contribution in [0.1, 0.15) is 20.8 Å². The number of hydrogen-bond donors (Lipinski definition) is 2. The summed E-state index contributed by atoms with van der Waals surface area (Å²) in [5.41, 5.74) is 0.338. The summed E-state index contributed by atoms with van der Waals surface area (Å²) in [7, 11) is 0. The Morgan fingerprint density at radius 2 is 1.66 bits per heavy atom. The summed E-state index contributed by atoms with van der Waals surface area (Å²) in [6.07, 6.45) is 0. The fourth-order valence-electron chi connectivity index (χ4n) is 3.52. The van der Waals surface area contributed by atoms with Crippen molar-refractivity contribution in [2.45, 2.75) is 20.0 Å². The number of thiophene rings is 1. The standard InChI is InChI=1S/C23H19N3O5S/c1-14-18-20(32-19(14)22(29)30)24-23(31)26(21(18)28)13-17(27)25(16-10-6-3-7-11-16)12-15-8-4-2-5-9-15/h2-11H,12-13H2,1H3,(H,24,31)(H,29,30). The number of rotatable bonds is 6. The summed E-state index contributed by atoms with van der Waals surface area (Å²) in [6, 6.07) is 18.4. The van der Waals surface area contributed by atoms with Crippen LogP contribution in [0.4, 0.5) is 5.69 Å². The van der Waals surface area contributed by atoms with Crippen LogP contribution in [-0.4, -0.2) is 26.5 Å². The maximum Gasteiger partial charge on any atom is 0.346 e. The van der Waals surface area contributed by atoms with Crippen molar-refractivity contribution >= 4 is 39.1 Å². The summed E-state index contributed by atoms with van der Waals surface area (Å²) >= 11 is 0.829. The van der Waals surface area contributed by atoms with Crippen molar-refractivity contribution in [3.8, 4) is 0 Å². The first-order chi connectivity index (χ1) is 15.4. The van der Waals surface area contributed by atoms with Crippen LogP contribution in [0.2, 0.25) is 0 Å². The van der Waals surface area contributed by atoms with Gasteiger partial charge in [0, 0.05) is 5.69 Å². The number of hydrogen-bond acceptors (Lipinski definition) is 5. The molecule has 0 atom stereocenters. The van der Waals surface area contributed by atoms with Gasteiger partial charge in [0.2, 0.25) is 5.91 Å². The van der Waals surface area contributed by atoms with E-state index in [1.54, 1.807) is 24.3 Å². The van der Waals surface area contributed by atoms with Gasteiger partial charge in [-0.15, -0.1) is 11.3 Å². The molecule has 0 spiro atoms. The summed E-state index contributed by atoms with van der Waals surface area (Å²) in [5, 5.41) is 9.44. The number of nitrogens with one attached hydrogen (secondary N) is 1. The molecule has 162 valence electrons. The topological polar surface area (TPSA) is 112 Å². The molecule has 0 aliphatic carbocycles. The second-order valence-corrected chi connectivity index (χ2v) is 8.21. The number of fused-ring (bicyclic) bond motifs is 1. The first-order valence-electron chi connectivity index (χ1n) is 9.75. The Morgan fingerprint density at radius 1 is 1.03 bits per heavy atom. The lowest BCUT2D eigenvalue weighted by molar-refractivity contribution is -0.119. The molecule has 0 saturated carbocycles. The van der Waals surface area contributed by atoms with E-state index in [2.05, 4.69) is 4.98 Å². The molecular formula is C23H19N3O5S. The van der Waals surface area contributed by atoms with Gasteiger partial charge < -0.3 is 10.0 Å². The second kappa shape index (κ2) is 8.64. The Labute approximate surface area is 186 Å². The van der Waals surface area contributed by atoms with E-state index in [9.17, 15) is 24.3 Å². The number of carbonyl (C=O) groups is 2. The average molecular weight is 449 g/mol. The fraction of sp³-hybridized carbons (Fsp3) is 0.130. The minimum absolute atomic E-state index is 0.0215. The number of aromatic carboxylic acids is 1. The molecule has 0 aliphatic rings. The molecule has 2 aromatic heterocycles. The Balaban J connectivity index is 1.75. The van der Waals surface area contributed by atoms with Gasteiger partial charge in [-0.2, -0.15) is 0 Å². The highest BCUT2D eigenvalue weighted by molar-refractivity contribution is 7.20. The van der Waals surface area contributed by atoms with Gasteiger partial charge in [-0.25, -0.2) is 9.59 Å². The minimum atomic E-state index is -1.18. The maximum atomic E-state index is 13.3. The monoisotopic (exact) mass is 449 g/mol. The van der Waals surface area contributed by atoms with Crippen LogP contribution in [0.15, 0.2) is 70.3 Å². The zero-order chi connectivity index (χ0) is 22.8. The van der Waals surface area contributed by atoms with E-state index in [-0.39, 0.29) is 27.2 Å². The predicted octanol–water partition coefficient (Wildman–Crippen LogP) is 2.99. The molecule has 0 unspecified atom stereocenters. The third kappa shape index (κ3) is 3.97. The molecule has 4 aromatic rings. The molecular weight excluding hydrogens is 430 g/mol. The van der Waals surface area contributed by atoms with Gasteiger partial charge in [0.25, 0.3) is 5.56 Å². The molecule has 0 saturated heterocycles. The zero-order valence-corrected chi connectivity index (χ0v) is 17.9. The van der Waals surface area contributed by atoms with Gasteiger partial charge in [-0.05, 0) is 30.2 Å². The zero-order valence-electron chi connectivity index (χ0n) is 17.1. The lowest BCUT2D eigenvalue weighted by atomic mass is 10.2. The first kappa shape index (κ1) is 21.3. The van der Waals surface area contributed by atoms with Crippen molar-refractivity contribution in [1.29, 1.82) is 0 Å². The van der Waals surface area contributed by atoms with Gasteiger partial charge in [0.05, 0.1) is 11.9 Å². The second-order valence-electron chi connectivity index (χ2n) is 7.19. The Kier molecular flexibility index (Phi) is 5.74. The van der Waals surface area contributed by atoms with Gasteiger partial charge in [0.1, 0.15) is 16.3 Å². The largest absolute Gasteiger partial charge is 0.477 e. The Morgan fingerprint density at radius 3 is 2.28 bits per heavy atom. The van der Waals surface area contributed by atoms with Crippen molar-refractivity contribution in [2.24, 2.45) is 0 Å². The van der Waals surface area contributed by atoms with E-state index in [4.69, 9.17) is 0 Å². The van der Waals surface area contributed by atoms with Crippen LogP contribution in [0, 0.1) is 6.92 Å². The fourth-order valence-corrected chi connectivity index (χ4v) is 4.54. The lowest BCUT2D eigenvalue weighted by Crippen LogP contribution is -2.42. The van der Waals surface area contributed by atoms with Crippen LogP contribution in [0.3, 0.4) is 0 Å². The van der Waals surface area contributed by atoms with E-state index < -0.39 is 29.7 Å². The van der Waals surface area contributed by atoms with Crippen LogP contribution in [0.5, 0.6) is 0 Å². The van der Waals surface area contributed by atoms with Gasteiger partial charge >= 0.3 is 11.7 Å². The normalized spacial score (nSPS) is 10.9. The summed E-state index contributed by atoms with van der Waals surface area (Å²) < 4.78 is 0.816. The molecule has 1 amide bonds. The Hall–Kier alpha value is -3.98. The van der Waals surface area contributed by atoms with Crippen LogP contribution < -0.4 is 16.1 Å². The molecule has 32 heavy (non-hydrogen) atoms. The van der Waals surface area contributed by atoms with Crippen LogP contribution in [-0.2, 0) is 17.9 Å². The Bertz CT molecular complexity index is 1420. The minimum Gasteiger partial charge on any atom is -0.477 e. The summed E-state index contributed by atoms with van der Waals surface area (Å²) in [4.78, 5) is 54.5. The molecule has 0 bridgehead atoms. The SMILES string of the molecule is Cc1c(C(=O)O)sc2[nH]c(=O)n(CC(=O)N(Cc3ccccc3)c3ccccc3)c(=O)c12. The van der Waals surface area contributed by atoms with Crippen molar-refractivity contribution in [3.05, 3.63) is 97.5 Å². The predicted molar refractivity (Wildman–Crippen MR) is 122 cm³/mol. The number of carboxylic acids is 1. The number of H-pyrrole nitrogens is 1. The van der Waals surface area contributed by atoms with Crippen molar-refractivity contribution < 1.29 is 14.7 Å². The van der Waals surface area contributed by atoms with E-state index in [1.165, 1.54) is 11.8 Å². The number of aromatic nitrogens is 2. The van der Waals surface area contributed by atoms with Crippen molar-refractivity contribution in [2.75, 3.05) is 4.90 Å². The quantitative estimate of drug-likeness (QED) is 0.470. The number of nitrogens with zero attached hydrogens (tertiary/aromatic N) is 2. The average Bonchev–Trinajstić information content (AvgIpc) is 3.12. The molecule has 0 fully saturated rings. The summed E-state index contributed by atoms with van der Waals surface area (Å²) in [6.45, 7) is 1.29. The van der Waals surface area contributed by atoms with Crippen LogP contribution in [0.25, 0.3) is 10.2 Å². The number of amides is 1. The number of aryl methyl sites for hydroxylation is 1. The van der Waals surface area contributed by atoms with Crippen LogP contribution >= 0.6 is 11.3 Å². The molecule has 2 heterocycles. The van der Waals surface area contributed by atoms with E-state index >= 15 is 0 Å². The number of carboxylic acid groups (broad SMARTS) is 1. The highest BCUT2D eigenvalue weighted by Gasteiger charge is 2.23. The van der Waals surface area contributed by atoms with Crippen molar-refractivity contribution in [3.63, 3.8) is 0 Å². The molecule has 0 radical (unpaired) electrons. The lowest BCUT2D eigenvalue weighted by Gasteiger charge is -2.23. The number of anilines is 1. The molecule has 4 rings (SSSR count). The van der Waals surface area contributed by atoms with E-state index in [1.807, 2.05) is 36.4 Å². The first-order valence-corrected chi connectivity index (χ1v) is 10.6. The molecule has 8 nitrogen and oxygen atoms in total. The third-order valence-electron chi connectivity index (χ3n) is 5.11. The van der Waals surface area contributed by atoms with Gasteiger partial charge in [0.15, 0.2) is 0 Å². The smallest absolute Gasteiger partial charge is 0.346 e. The van der Waals surface area contributed by atoms with Gasteiger partial charge in [-0.3, -0.25) is 19.1 Å². The molecule has 2 aromatic carbocycles. The third-order valence-corrected chi connectivity index (χ3v) is 6.31. The number of para-hydroxylation sites is 1. The molecule has 9 heteroatoms. The van der Waals surface area contributed by atoms with Crippen molar-refractivity contribution in [1.82, 2.24) is 9.55 Å². The maximum absolute atomic E-state index is 13.3. The highest BCUT2D eigenvalue weighted by atomic mass is 32.1. The molecule has 2 N–H and O–H groups in total.